The molecule has 2 rings (SSSR count). The van der Waals surface area contributed by atoms with Crippen molar-refractivity contribution in [1.82, 2.24) is 10.2 Å². The fourth-order valence-corrected chi connectivity index (χ4v) is 3.32. The van der Waals surface area contributed by atoms with Gasteiger partial charge in [-0.25, -0.2) is 0 Å². The fourth-order valence-electron chi connectivity index (χ4n) is 3.32. The van der Waals surface area contributed by atoms with E-state index in [1.54, 1.807) is 0 Å². The lowest BCUT2D eigenvalue weighted by atomic mass is 9.98. The van der Waals surface area contributed by atoms with Gasteiger partial charge in [-0.3, -0.25) is 0 Å². The first-order chi connectivity index (χ1) is 8.29. The van der Waals surface area contributed by atoms with Gasteiger partial charge in [-0.1, -0.05) is 6.42 Å². The number of nitrogens with zero attached hydrogens (tertiary/aromatic N) is 1. The summed E-state index contributed by atoms with van der Waals surface area (Å²) in [5.74, 6) is 0.766. The van der Waals surface area contributed by atoms with Gasteiger partial charge in [0.05, 0.1) is 6.61 Å². The number of ether oxygens (including phenoxy) is 1. The van der Waals surface area contributed by atoms with E-state index < -0.39 is 0 Å². The van der Waals surface area contributed by atoms with E-state index in [1.807, 2.05) is 7.11 Å². The molecule has 0 bridgehead atoms. The summed E-state index contributed by atoms with van der Waals surface area (Å²) in [5, 5.41) is 3.66. The average Bonchev–Trinajstić information content (AvgIpc) is 2.79. The molecule has 0 radical (unpaired) electrons. The van der Waals surface area contributed by atoms with E-state index in [0.29, 0.717) is 0 Å². The summed E-state index contributed by atoms with van der Waals surface area (Å²) in [6.45, 7) is 7.06. The van der Waals surface area contributed by atoms with E-state index in [-0.39, 0.29) is 0 Å². The first-order valence-electron chi connectivity index (χ1n) is 7.26. The molecule has 2 heterocycles. The number of piperidine rings is 1. The third kappa shape index (κ3) is 3.94. The molecule has 3 nitrogen and oxygen atoms in total. The maximum absolute atomic E-state index is 5.26. The van der Waals surface area contributed by atoms with E-state index in [4.69, 9.17) is 4.74 Å². The van der Waals surface area contributed by atoms with Crippen molar-refractivity contribution < 1.29 is 4.74 Å². The van der Waals surface area contributed by atoms with Gasteiger partial charge >= 0.3 is 0 Å². The standard InChI is InChI=1S/C14H28N2O/c1-12(9-14-5-3-4-7-15-14)16-8-6-13(10-16)11-17-2/h12-15H,3-11H2,1-2H3. The summed E-state index contributed by atoms with van der Waals surface area (Å²) in [4.78, 5) is 2.65. The second-order valence-electron chi connectivity index (χ2n) is 5.84. The summed E-state index contributed by atoms with van der Waals surface area (Å²) in [6, 6.07) is 1.49. The van der Waals surface area contributed by atoms with Crippen LogP contribution in [0.15, 0.2) is 0 Å². The van der Waals surface area contributed by atoms with Gasteiger partial charge in [-0.2, -0.15) is 0 Å². The molecule has 0 aromatic heterocycles. The molecule has 0 aromatic carbocycles. The molecule has 3 atom stereocenters. The number of methoxy groups -OCH3 is 1. The zero-order chi connectivity index (χ0) is 12.1. The Morgan fingerprint density at radius 3 is 2.94 bits per heavy atom. The van der Waals surface area contributed by atoms with Crippen molar-refractivity contribution in [2.75, 3.05) is 33.4 Å². The number of hydrogen-bond donors (Lipinski definition) is 1. The van der Waals surface area contributed by atoms with Crippen LogP contribution in [0.2, 0.25) is 0 Å². The van der Waals surface area contributed by atoms with Gasteiger partial charge in [0, 0.05) is 25.7 Å². The molecule has 0 saturated carbocycles. The van der Waals surface area contributed by atoms with Crippen LogP contribution in [0.4, 0.5) is 0 Å². The number of hydrogen-bond acceptors (Lipinski definition) is 3. The Morgan fingerprint density at radius 1 is 1.35 bits per heavy atom. The first kappa shape index (κ1) is 13.3. The maximum Gasteiger partial charge on any atom is 0.0503 e. The van der Waals surface area contributed by atoms with Crippen LogP contribution in [-0.4, -0.2) is 50.3 Å². The molecule has 1 N–H and O–H groups in total. The number of rotatable bonds is 5. The van der Waals surface area contributed by atoms with Crippen molar-refractivity contribution in [3.8, 4) is 0 Å². The molecule has 0 amide bonds. The van der Waals surface area contributed by atoms with Crippen molar-refractivity contribution in [3.63, 3.8) is 0 Å². The third-order valence-electron chi connectivity index (χ3n) is 4.38. The van der Waals surface area contributed by atoms with Gasteiger partial charge in [-0.15, -0.1) is 0 Å². The van der Waals surface area contributed by atoms with Gasteiger partial charge in [0.15, 0.2) is 0 Å². The van der Waals surface area contributed by atoms with E-state index in [9.17, 15) is 0 Å². The molecule has 0 aliphatic carbocycles. The van der Waals surface area contributed by atoms with Gasteiger partial charge in [-0.05, 0) is 51.6 Å². The SMILES string of the molecule is COCC1CCN(C(C)CC2CCCCN2)C1. The van der Waals surface area contributed by atoms with E-state index in [1.165, 1.54) is 51.7 Å². The van der Waals surface area contributed by atoms with Crippen molar-refractivity contribution >= 4 is 0 Å². The number of likely N-dealkylation sites (tertiary alicyclic amines) is 1. The maximum atomic E-state index is 5.26. The van der Waals surface area contributed by atoms with E-state index in [2.05, 4.69) is 17.1 Å². The van der Waals surface area contributed by atoms with Crippen LogP contribution in [0, 0.1) is 5.92 Å². The molecular formula is C14H28N2O. The van der Waals surface area contributed by atoms with E-state index >= 15 is 0 Å². The molecule has 2 saturated heterocycles. The average molecular weight is 240 g/mol. The van der Waals surface area contributed by atoms with Crippen LogP contribution in [0.25, 0.3) is 0 Å². The minimum atomic E-state index is 0.729. The van der Waals surface area contributed by atoms with E-state index in [0.717, 1.165) is 24.6 Å². The number of nitrogens with one attached hydrogen (secondary N) is 1. The predicted molar refractivity (Wildman–Crippen MR) is 71.3 cm³/mol. The Balaban J connectivity index is 1.70. The Bertz CT molecular complexity index is 216. The van der Waals surface area contributed by atoms with Gasteiger partial charge < -0.3 is 15.0 Å². The minimum Gasteiger partial charge on any atom is -0.384 e. The van der Waals surface area contributed by atoms with Crippen LogP contribution in [0.3, 0.4) is 0 Å². The molecule has 100 valence electrons. The normalized spacial score (nSPS) is 32.8. The quantitative estimate of drug-likeness (QED) is 0.794. The third-order valence-corrected chi connectivity index (χ3v) is 4.38. The van der Waals surface area contributed by atoms with Gasteiger partial charge in [0.1, 0.15) is 0 Å². The zero-order valence-electron chi connectivity index (χ0n) is 11.5. The highest BCUT2D eigenvalue weighted by Crippen LogP contribution is 2.22. The Morgan fingerprint density at radius 2 is 2.24 bits per heavy atom. The van der Waals surface area contributed by atoms with Gasteiger partial charge in [0.25, 0.3) is 0 Å². The lowest BCUT2D eigenvalue weighted by Gasteiger charge is -2.31. The smallest absolute Gasteiger partial charge is 0.0503 e. The lowest BCUT2D eigenvalue weighted by Crippen LogP contribution is -2.41. The molecule has 3 unspecified atom stereocenters. The molecule has 0 aromatic rings. The second-order valence-corrected chi connectivity index (χ2v) is 5.84. The molecule has 0 spiro atoms. The molecule has 2 aliphatic heterocycles. The summed E-state index contributed by atoms with van der Waals surface area (Å²) >= 11 is 0. The highest BCUT2D eigenvalue weighted by molar-refractivity contribution is 4.83. The van der Waals surface area contributed by atoms with Crippen LogP contribution < -0.4 is 5.32 Å². The van der Waals surface area contributed by atoms with Crippen LogP contribution in [0.1, 0.15) is 39.0 Å². The first-order valence-corrected chi connectivity index (χ1v) is 7.26. The topological polar surface area (TPSA) is 24.5 Å². The monoisotopic (exact) mass is 240 g/mol. The fraction of sp³-hybridized carbons (Fsp3) is 1.00. The minimum absolute atomic E-state index is 0.729. The largest absolute Gasteiger partial charge is 0.384 e. The van der Waals surface area contributed by atoms with Crippen LogP contribution in [-0.2, 0) is 4.74 Å². The molecular weight excluding hydrogens is 212 g/mol. The highest BCUT2D eigenvalue weighted by Gasteiger charge is 2.27. The summed E-state index contributed by atoms with van der Waals surface area (Å²) < 4.78 is 5.26. The Kier molecular flexibility index (Phi) is 5.26. The zero-order valence-corrected chi connectivity index (χ0v) is 11.5. The Hall–Kier alpha value is -0.120. The second kappa shape index (κ2) is 6.72. The molecule has 17 heavy (non-hydrogen) atoms. The van der Waals surface area contributed by atoms with Crippen molar-refractivity contribution in [2.24, 2.45) is 5.92 Å². The summed E-state index contributed by atoms with van der Waals surface area (Å²) in [5.41, 5.74) is 0. The predicted octanol–water partition coefficient (Wildman–Crippen LogP) is 1.88. The van der Waals surface area contributed by atoms with Crippen molar-refractivity contribution in [3.05, 3.63) is 0 Å². The van der Waals surface area contributed by atoms with Crippen LogP contribution >= 0.6 is 0 Å². The van der Waals surface area contributed by atoms with Crippen molar-refractivity contribution in [2.45, 2.75) is 51.1 Å². The summed E-state index contributed by atoms with van der Waals surface area (Å²) in [6.07, 6.45) is 6.79. The van der Waals surface area contributed by atoms with Crippen LogP contribution in [0.5, 0.6) is 0 Å². The summed E-state index contributed by atoms with van der Waals surface area (Å²) in [7, 11) is 1.82. The lowest BCUT2D eigenvalue weighted by molar-refractivity contribution is 0.145. The molecule has 2 aliphatic rings. The van der Waals surface area contributed by atoms with Crippen molar-refractivity contribution in [1.29, 1.82) is 0 Å². The Labute approximate surface area is 106 Å². The molecule has 3 heteroatoms. The highest BCUT2D eigenvalue weighted by atomic mass is 16.5. The molecule has 2 fully saturated rings. The van der Waals surface area contributed by atoms with Gasteiger partial charge in [0.2, 0.25) is 0 Å².